The van der Waals surface area contributed by atoms with Gasteiger partial charge in [-0.1, -0.05) is 97.1 Å². The first-order valence-electron chi connectivity index (χ1n) is 8.90. The number of allylic oxidation sites excluding steroid dienone is 1. The van der Waals surface area contributed by atoms with Crippen LogP contribution in [0.5, 0.6) is 0 Å². The maximum atomic E-state index is 3.87. The Bertz CT molecular complexity index is 666. The Hall–Kier alpha value is -2.64. The molecular formula is C24H25N. The fourth-order valence-corrected chi connectivity index (χ4v) is 3.39. The van der Waals surface area contributed by atoms with Gasteiger partial charge in [0.15, 0.2) is 0 Å². The molecule has 0 aliphatic carbocycles. The van der Waals surface area contributed by atoms with Gasteiger partial charge >= 0.3 is 0 Å². The van der Waals surface area contributed by atoms with Gasteiger partial charge in [0, 0.05) is 0 Å². The molecule has 25 heavy (non-hydrogen) atoms. The van der Waals surface area contributed by atoms with Crippen molar-refractivity contribution in [3.8, 4) is 0 Å². The number of hydrogen-bond acceptors (Lipinski definition) is 1. The highest BCUT2D eigenvalue weighted by Crippen LogP contribution is 2.36. The molecule has 1 nitrogen and oxygen atoms in total. The molecule has 0 aromatic heterocycles. The second-order valence-corrected chi connectivity index (χ2v) is 6.21. The third-order valence-corrected chi connectivity index (χ3v) is 4.60. The molecule has 0 amide bonds. The van der Waals surface area contributed by atoms with Crippen molar-refractivity contribution in [3.05, 3.63) is 120 Å². The number of rotatable bonds is 8. The van der Waals surface area contributed by atoms with Crippen molar-refractivity contribution >= 4 is 0 Å². The van der Waals surface area contributed by atoms with E-state index in [-0.39, 0.29) is 5.54 Å². The third-order valence-electron chi connectivity index (χ3n) is 4.60. The maximum absolute atomic E-state index is 3.87. The Morgan fingerprint density at radius 2 is 1.08 bits per heavy atom. The van der Waals surface area contributed by atoms with Gasteiger partial charge in [-0.3, -0.25) is 5.32 Å². The van der Waals surface area contributed by atoms with Crippen molar-refractivity contribution in [1.29, 1.82) is 0 Å². The van der Waals surface area contributed by atoms with Crippen LogP contribution in [-0.2, 0) is 5.54 Å². The van der Waals surface area contributed by atoms with E-state index in [1.54, 1.807) is 0 Å². The average Bonchev–Trinajstić information content (AvgIpc) is 2.70. The van der Waals surface area contributed by atoms with E-state index >= 15 is 0 Å². The molecule has 0 saturated carbocycles. The number of benzene rings is 3. The quantitative estimate of drug-likeness (QED) is 0.326. The topological polar surface area (TPSA) is 12.0 Å². The summed E-state index contributed by atoms with van der Waals surface area (Å²) in [4.78, 5) is 0. The standard InChI is InChI=1S/C24H25N/c1-2-3-13-20-25-24(21-14-7-4-8-15-21,22-16-9-5-10-17-22)23-18-11-6-12-19-23/h2,4-12,14-19,25H,1,3,13,20H2. The van der Waals surface area contributed by atoms with Crippen LogP contribution in [0.1, 0.15) is 29.5 Å². The Morgan fingerprint density at radius 3 is 1.44 bits per heavy atom. The van der Waals surface area contributed by atoms with E-state index in [0.717, 1.165) is 19.4 Å². The molecule has 0 atom stereocenters. The normalized spacial score (nSPS) is 11.2. The highest BCUT2D eigenvalue weighted by molar-refractivity contribution is 5.49. The Kier molecular flexibility index (Phi) is 5.81. The molecule has 3 aromatic carbocycles. The minimum Gasteiger partial charge on any atom is -0.300 e. The second-order valence-electron chi connectivity index (χ2n) is 6.21. The summed E-state index contributed by atoms with van der Waals surface area (Å²) in [7, 11) is 0. The summed E-state index contributed by atoms with van der Waals surface area (Å²) in [5.41, 5.74) is 3.41. The van der Waals surface area contributed by atoms with E-state index in [9.17, 15) is 0 Å². The Morgan fingerprint density at radius 1 is 0.680 bits per heavy atom. The highest BCUT2D eigenvalue weighted by Gasteiger charge is 2.35. The highest BCUT2D eigenvalue weighted by atomic mass is 15.0. The zero-order valence-corrected chi connectivity index (χ0v) is 14.6. The van der Waals surface area contributed by atoms with E-state index in [2.05, 4.69) is 103 Å². The predicted molar refractivity (Wildman–Crippen MR) is 107 cm³/mol. The van der Waals surface area contributed by atoms with Gasteiger partial charge in [-0.2, -0.15) is 0 Å². The molecular weight excluding hydrogens is 302 g/mol. The molecule has 0 spiro atoms. The smallest absolute Gasteiger partial charge is 0.0947 e. The SMILES string of the molecule is C=CCCCNC(c1ccccc1)(c1ccccc1)c1ccccc1. The summed E-state index contributed by atoms with van der Waals surface area (Å²) in [6.45, 7) is 4.76. The average molecular weight is 327 g/mol. The number of unbranched alkanes of at least 4 members (excludes halogenated alkanes) is 1. The van der Waals surface area contributed by atoms with Gasteiger partial charge < -0.3 is 0 Å². The maximum Gasteiger partial charge on any atom is 0.0947 e. The molecule has 1 heteroatoms. The van der Waals surface area contributed by atoms with Crippen molar-refractivity contribution in [2.75, 3.05) is 6.54 Å². The van der Waals surface area contributed by atoms with Crippen LogP contribution in [0.2, 0.25) is 0 Å². The lowest BCUT2D eigenvalue weighted by Crippen LogP contribution is -2.45. The molecule has 1 N–H and O–H groups in total. The molecule has 0 radical (unpaired) electrons. The summed E-state index contributed by atoms with van der Waals surface area (Å²) in [6.07, 6.45) is 4.07. The van der Waals surface area contributed by atoms with Crippen LogP contribution in [0.3, 0.4) is 0 Å². The van der Waals surface area contributed by atoms with Crippen molar-refractivity contribution in [1.82, 2.24) is 5.32 Å². The lowest BCUT2D eigenvalue weighted by Gasteiger charge is -2.37. The van der Waals surface area contributed by atoms with Gasteiger partial charge in [0.1, 0.15) is 0 Å². The van der Waals surface area contributed by atoms with E-state index in [0.29, 0.717) is 0 Å². The van der Waals surface area contributed by atoms with Gasteiger partial charge in [0.2, 0.25) is 0 Å². The van der Waals surface area contributed by atoms with Gasteiger partial charge in [-0.25, -0.2) is 0 Å². The fourth-order valence-electron chi connectivity index (χ4n) is 3.39. The second kappa shape index (κ2) is 8.46. The largest absolute Gasteiger partial charge is 0.300 e. The van der Waals surface area contributed by atoms with Gasteiger partial charge in [-0.15, -0.1) is 6.58 Å². The Labute approximate surface area is 151 Å². The van der Waals surface area contributed by atoms with Gasteiger partial charge in [-0.05, 0) is 36.1 Å². The predicted octanol–water partition coefficient (Wildman–Crippen LogP) is 5.53. The van der Waals surface area contributed by atoms with Crippen LogP contribution in [0.15, 0.2) is 104 Å². The minimum atomic E-state index is -0.356. The van der Waals surface area contributed by atoms with E-state index in [1.165, 1.54) is 16.7 Å². The lowest BCUT2D eigenvalue weighted by atomic mass is 9.77. The molecule has 0 aliphatic rings. The molecule has 0 bridgehead atoms. The molecule has 3 aromatic rings. The molecule has 0 fully saturated rings. The third kappa shape index (κ3) is 3.72. The summed E-state index contributed by atoms with van der Waals surface area (Å²) < 4.78 is 0. The molecule has 0 unspecified atom stereocenters. The van der Waals surface area contributed by atoms with Crippen molar-refractivity contribution < 1.29 is 0 Å². The van der Waals surface area contributed by atoms with Crippen molar-refractivity contribution in [2.45, 2.75) is 18.4 Å². The summed E-state index contributed by atoms with van der Waals surface area (Å²) in [5.74, 6) is 0. The van der Waals surface area contributed by atoms with Crippen LogP contribution in [0.25, 0.3) is 0 Å². The zero-order chi connectivity index (χ0) is 17.4. The zero-order valence-electron chi connectivity index (χ0n) is 14.6. The van der Waals surface area contributed by atoms with Gasteiger partial charge in [0.25, 0.3) is 0 Å². The summed E-state index contributed by atoms with van der Waals surface area (Å²) in [5, 5.41) is 3.87. The Balaban J connectivity index is 2.15. The minimum absolute atomic E-state index is 0.356. The number of hydrogen-bond donors (Lipinski definition) is 1. The first-order valence-corrected chi connectivity index (χ1v) is 8.90. The van der Waals surface area contributed by atoms with E-state index in [4.69, 9.17) is 0 Å². The molecule has 0 saturated heterocycles. The molecule has 0 aliphatic heterocycles. The molecule has 126 valence electrons. The summed E-state index contributed by atoms with van der Waals surface area (Å²) in [6, 6.07) is 32.1. The van der Waals surface area contributed by atoms with E-state index in [1.807, 2.05) is 6.08 Å². The first kappa shape index (κ1) is 17.2. The monoisotopic (exact) mass is 327 g/mol. The van der Waals surface area contributed by atoms with E-state index < -0.39 is 0 Å². The molecule has 3 rings (SSSR count). The first-order chi connectivity index (χ1) is 12.4. The summed E-state index contributed by atoms with van der Waals surface area (Å²) >= 11 is 0. The van der Waals surface area contributed by atoms with Crippen molar-refractivity contribution in [3.63, 3.8) is 0 Å². The van der Waals surface area contributed by atoms with Crippen LogP contribution >= 0.6 is 0 Å². The van der Waals surface area contributed by atoms with Crippen LogP contribution in [0.4, 0.5) is 0 Å². The van der Waals surface area contributed by atoms with Crippen LogP contribution in [0, 0.1) is 0 Å². The fraction of sp³-hybridized carbons (Fsp3) is 0.167. The number of nitrogens with one attached hydrogen (secondary N) is 1. The van der Waals surface area contributed by atoms with Crippen LogP contribution < -0.4 is 5.32 Å². The lowest BCUT2D eigenvalue weighted by molar-refractivity contribution is 0.467. The van der Waals surface area contributed by atoms with Crippen LogP contribution in [-0.4, -0.2) is 6.54 Å². The van der Waals surface area contributed by atoms with Gasteiger partial charge in [0.05, 0.1) is 5.54 Å². The van der Waals surface area contributed by atoms with Crippen molar-refractivity contribution in [2.24, 2.45) is 0 Å². The molecule has 0 heterocycles.